The van der Waals surface area contributed by atoms with Crippen molar-refractivity contribution >= 4 is 11.9 Å². The molecule has 0 spiro atoms. The molecule has 4 heteroatoms. The van der Waals surface area contributed by atoms with E-state index in [0.717, 1.165) is 0 Å². The van der Waals surface area contributed by atoms with Crippen molar-refractivity contribution < 1.29 is 19.1 Å². The molecule has 0 N–H and O–H groups in total. The molecule has 1 rings (SSSR count). The number of esters is 2. The number of carbonyl (C=O) groups excluding carboxylic acids is 2. The lowest BCUT2D eigenvalue weighted by Gasteiger charge is -2.30. The van der Waals surface area contributed by atoms with E-state index in [1.807, 2.05) is 13.8 Å². The van der Waals surface area contributed by atoms with E-state index >= 15 is 0 Å². The monoisotopic (exact) mass is 200 g/mol. The fourth-order valence-electron chi connectivity index (χ4n) is 1.45. The Kier molecular flexibility index (Phi) is 2.56. The number of cyclic esters (lactones) is 1. The van der Waals surface area contributed by atoms with Crippen LogP contribution in [0.3, 0.4) is 0 Å². The molecule has 1 unspecified atom stereocenters. The van der Waals surface area contributed by atoms with E-state index in [1.165, 1.54) is 0 Å². The molecule has 0 bridgehead atoms. The summed E-state index contributed by atoms with van der Waals surface area (Å²) in [5.74, 6) is -0.978. The van der Waals surface area contributed by atoms with Gasteiger partial charge in [0.25, 0.3) is 0 Å². The minimum atomic E-state index is -1.16. The van der Waals surface area contributed by atoms with Crippen molar-refractivity contribution in [1.82, 2.24) is 0 Å². The normalized spacial score (nSPS) is 29.9. The molecule has 0 aromatic heterocycles. The fourth-order valence-corrected chi connectivity index (χ4v) is 1.45. The molecule has 0 amide bonds. The molecule has 1 atom stereocenters. The van der Waals surface area contributed by atoms with Gasteiger partial charge in [-0.1, -0.05) is 13.8 Å². The highest BCUT2D eigenvalue weighted by atomic mass is 16.6. The first kappa shape index (κ1) is 11.0. The van der Waals surface area contributed by atoms with Crippen LogP contribution in [0.4, 0.5) is 0 Å². The standard InChI is InChI=1S/C10H16O4/c1-5-13-7(11)10(4)8(12)14-6-9(10,2)3/h5-6H2,1-4H3. The van der Waals surface area contributed by atoms with Crippen molar-refractivity contribution in [3.63, 3.8) is 0 Å². The Morgan fingerprint density at radius 3 is 2.43 bits per heavy atom. The molecule has 0 aliphatic carbocycles. The molecular weight excluding hydrogens is 184 g/mol. The van der Waals surface area contributed by atoms with E-state index in [1.54, 1.807) is 13.8 Å². The van der Waals surface area contributed by atoms with Crippen LogP contribution < -0.4 is 0 Å². The van der Waals surface area contributed by atoms with Gasteiger partial charge in [0, 0.05) is 5.41 Å². The second kappa shape index (κ2) is 3.26. The summed E-state index contributed by atoms with van der Waals surface area (Å²) in [4.78, 5) is 23.2. The summed E-state index contributed by atoms with van der Waals surface area (Å²) >= 11 is 0. The zero-order valence-electron chi connectivity index (χ0n) is 9.05. The minimum Gasteiger partial charge on any atom is -0.465 e. The van der Waals surface area contributed by atoms with Crippen LogP contribution in [0.25, 0.3) is 0 Å². The summed E-state index contributed by atoms with van der Waals surface area (Å²) < 4.78 is 9.81. The lowest BCUT2D eigenvalue weighted by atomic mass is 9.69. The van der Waals surface area contributed by atoms with Gasteiger partial charge in [-0.05, 0) is 13.8 Å². The fraction of sp³-hybridized carbons (Fsp3) is 0.800. The van der Waals surface area contributed by atoms with Crippen molar-refractivity contribution in [1.29, 1.82) is 0 Å². The first-order valence-electron chi connectivity index (χ1n) is 4.70. The van der Waals surface area contributed by atoms with E-state index in [0.29, 0.717) is 0 Å². The van der Waals surface area contributed by atoms with Crippen LogP contribution in [-0.4, -0.2) is 25.2 Å². The predicted octanol–water partition coefficient (Wildman–Crippen LogP) is 1.14. The second-order valence-corrected chi connectivity index (χ2v) is 4.31. The number of carbonyl (C=O) groups is 2. The van der Waals surface area contributed by atoms with E-state index in [-0.39, 0.29) is 13.2 Å². The highest BCUT2D eigenvalue weighted by Crippen LogP contribution is 2.46. The van der Waals surface area contributed by atoms with Crippen LogP contribution in [0.2, 0.25) is 0 Å². The Morgan fingerprint density at radius 2 is 2.07 bits per heavy atom. The SMILES string of the molecule is CCOC(=O)C1(C)C(=O)OCC1(C)C. The largest absolute Gasteiger partial charge is 0.465 e. The van der Waals surface area contributed by atoms with Crippen LogP contribution >= 0.6 is 0 Å². The molecule has 4 nitrogen and oxygen atoms in total. The van der Waals surface area contributed by atoms with E-state index in [9.17, 15) is 9.59 Å². The molecule has 80 valence electrons. The van der Waals surface area contributed by atoms with Crippen molar-refractivity contribution in [3.8, 4) is 0 Å². The van der Waals surface area contributed by atoms with Gasteiger partial charge in [0.15, 0.2) is 5.41 Å². The minimum absolute atomic E-state index is 0.265. The van der Waals surface area contributed by atoms with Gasteiger partial charge in [0.1, 0.15) is 0 Å². The number of hydrogen-bond donors (Lipinski definition) is 0. The lowest BCUT2D eigenvalue weighted by molar-refractivity contribution is -0.166. The lowest BCUT2D eigenvalue weighted by Crippen LogP contribution is -2.44. The third-order valence-corrected chi connectivity index (χ3v) is 3.01. The molecule has 1 saturated heterocycles. The zero-order chi connectivity index (χ0) is 11.0. The van der Waals surface area contributed by atoms with Crippen LogP contribution in [0.5, 0.6) is 0 Å². The molecule has 14 heavy (non-hydrogen) atoms. The van der Waals surface area contributed by atoms with Gasteiger partial charge < -0.3 is 9.47 Å². The quantitative estimate of drug-likeness (QED) is 0.495. The van der Waals surface area contributed by atoms with Gasteiger partial charge in [-0.25, -0.2) is 0 Å². The maximum atomic E-state index is 11.7. The van der Waals surface area contributed by atoms with Crippen molar-refractivity contribution in [2.75, 3.05) is 13.2 Å². The Hall–Kier alpha value is -1.06. The molecule has 0 aromatic rings. The van der Waals surface area contributed by atoms with Crippen LogP contribution in [0.15, 0.2) is 0 Å². The molecule has 0 radical (unpaired) electrons. The third kappa shape index (κ3) is 1.29. The summed E-state index contributed by atoms with van der Waals surface area (Å²) in [6, 6.07) is 0. The Balaban J connectivity index is 3.00. The molecule has 0 aromatic carbocycles. The first-order chi connectivity index (χ1) is 6.36. The topological polar surface area (TPSA) is 52.6 Å². The molecule has 1 aliphatic heterocycles. The number of hydrogen-bond acceptors (Lipinski definition) is 4. The van der Waals surface area contributed by atoms with Crippen LogP contribution in [-0.2, 0) is 19.1 Å². The number of ether oxygens (including phenoxy) is 2. The highest BCUT2D eigenvalue weighted by molar-refractivity contribution is 6.01. The molecular formula is C10H16O4. The van der Waals surface area contributed by atoms with Crippen molar-refractivity contribution in [3.05, 3.63) is 0 Å². The van der Waals surface area contributed by atoms with Gasteiger partial charge in [-0.3, -0.25) is 9.59 Å². The Labute approximate surface area is 83.6 Å². The Bertz CT molecular complexity index is 269. The van der Waals surface area contributed by atoms with E-state index < -0.39 is 22.8 Å². The Morgan fingerprint density at radius 1 is 1.50 bits per heavy atom. The molecule has 1 aliphatic rings. The summed E-state index contributed by atoms with van der Waals surface area (Å²) in [5.41, 5.74) is -1.67. The molecule has 0 saturated carbocycles. The van der Waals surface area contributed by atoms with Crippen molar-refractivity contribution in [2.24, 2.45) is 10.8 Å². The summed E-state index contributed by atoms with van der Waals surface area (Å²) in [6.07, 6.45) is 0. The maximum absolute atomic E-state index is 11.7. The average Bonchev–Trinajstić information content (AvgIpc) is 2.31. The number of rotatable bonds is 2. The van der Waals surface area contributed by atoms with Gasteiger partial charge in [0.05, 0.1) is 13.2 Å². The van der Waals surface area contributed by atoms with Gasteiger partial charge in [-0.2, -0.15) is 0 Å². The van der Waals surface area contributed by atoms with Crippen LogP contribution in [0, 0.1) is 10.8 Å². The molecule has 1 heterocycles. The third-order valence-electron chi connectivity index (χ3n) is 3.01. The maximum Gasteiger partial charge on any atom is 0.323 e. The summed E-state index contributed by atoms with van der Waals surface area (Å²) in [5, 5.41) is 0. The second-order valence-electron chi connectivity index (χ2n) is 4.31. The molecule has 1 fully saturated rings. The smallest absolute Gasteiger partial charge is 0.323 e. The van der Waals surface area contributed by atoms with E-state index in [2.05, 4.69) is 0 Å². The van der Waals surface area contributed by atoms with Crippen molar-refractivity contribution in [2.45, 2.75) is 27.7 Å². The van der Waals surface area contributed by atoms with Crippen LogP contribution in [0.1, 0.15) is 27.7 Å². The van der Waals surface area contributed by atoms with Gasteiger partial charge >= 0.3 is 11.9 Å². The first-order valence-corrected chi connectivity index (χ1v) is 4.70. The summed E-state index contributed by atoms with van der Waals surface area (Å²) in [6.45, 7) is 7.50. The summed E-state index contributed by atoms with van der Waals surface area (Å²) in [7, 11) is 0. The predicted molar refractivity (Wildman–Crippen MR) is 49.5 cm³/mol. The average molecular weight is 200 g/mol. The van der Waals surface area contributed by atoms with Gasteiger partial charge in [0.2, 0.25) is 0 Å². The van der Waals surface area contributed by atoms with E-state index in [4.69, 9.17) is 9.47 Å². The highest BCUT2D eigenvalue weighted by Gasteiger charge is 2.60. The zero-order valence-corrected chi connectivity index (χ0v) is 9.05. The van der Waals surface area contributed by atoms with Gasteiger partial charge in [-0.15, -0.1) is 0 Å².